The highest BCUT2D eigenvalue weighted by Crippen LogP contribution is 2.34. The number of ketones is 1. The van der Waals surface area contributed by atoms with Crippen LogP contribution in [-0.4, -0.2) is 31.6 Å². The van der Waals surface area contributed by atoms with Gasteiger partial charge in [0.25, 0.3) is 0 Å². The molecule has 0 N–H and O–H groups in total. The first kappa shape index (κ1) is 20.9. The lowest BCUT2D eigenvalue weighted by atomic mass is 10.1. The van der Waals surface area contributed by atoms with Crippen LogP contribution in [0.5, 0.6) is 11.5 Å². The van der Waals surface area contributed by atoms with Gasteiger partial charge in [-0.15, -0.1) is 0 Å². The number of esters is 1. The van der Waals surface area contributed by atoms with Crippen LogP contribution in [0.2, 0.25) is 0 Å². The largest absolute Gasteiger partial charge is 0.490 e. The second-order valence-corrected chi connectivity index (χ2v) is 6.38. The molecule has 0 aliphatic carbocycles. The predicted octanol–water partition coefficient (Wildman–Crippen LogP) is 4.35. The van der Waals surface area contributed by atoms with Gasteiger partial charge in [-0.1, -0.05) is 15.9 Å². The Hall–Kier alpha value is -2.41. The smallest absolute Gasteiger partial charge is 0.310 e. The number of carbonyl (C=O) groups excluding carboxylic acids is 2. The fourth-order valence-corrected chi connectivity index (χ4v) is 2.78. The SMILES string of the molecule is CCOc1cc(Br)c(CC(=O)OCC(=O)c2ccc(F)cc2)cc1OCC. The minimum Gasteiger partial charge on any atom is -0.490 e. The average Bonchev–Trinajstić information content (AvgIpc) is 2.64. The summed E-state index contributed by atoms with van der Waals surface area (Å²) >= 11 is 3.41. The molecule has 0 heterocycles. The number of hydrogen-bond donors (Lipinski definition) is 0. The van der Waals surface area contributed by atoms with E-state index >= 15 is 0 Å². The molecule has 0 radical (unpaired) electrons. The van der Waals surface area contributed by atoms with E-state index in [0.717, 1.165) is 0 Å². The van der Waals surface area contributed by atoms with E-state index < -0.39 is 24.2 Å². The van der Waals surface area contributed by atoms with Gasteiger partial charge in [-0.3, -0.25) is 9.59 Å². The summed E-state index contributed by atoms with van der Waals surface area (Å²) in [5.41, 5.74) is 0.936. The van der Waals surface area contributed by atoms with Crippen molar-refractivity contribution in [1.29, 1.82) is 0 Å². The van der Waals surface area contributed by atoms with E-state index in [9.17, 15) is 14.0 Å². The van der Waals surface area contributed by atoms with Crippen molar-refractivity contribution in [3.63, 3.8) is 0 Å². The second kappa shape index (κ2) is 10.1. The highest BCUT2D eigenvalue weighted by atomic mass is 79.9. The fraction of sp³-hybridized carbons (Fsp3) is 0.300. The first-order chi connectivity index (χ1) is 12.9. The van der Waals surface area contributed by atoms with E-state index in [0.29, 0.717) is 34.7 Å². The Kier molecular flexibility index (Phi) is 7.79. The van der Waals surface area contributed by atoms with E-state index in [1.807, 2.05) is 13.8 Å². The highest BCUT2D eigenvalue weighted by molar-refractivity contribution is 9.10. The standard InChI is InChI=1S/C20H20BrFO5/c1-3-25-18-9-14(16(21)11-19(18)26-4-2)10-20(24)27-12-17(23)13-5-7-15(22)8-6-13/h5-9,11H,3-4,10,12H2,1-2H3. The lowest BCUT2D eigenvalue weighted by Crippen LogP contribution is -2.16. The molecule has 0 saturated heterocycles. The van der Waals surface area contributed by atoms with Gasteiger partial charge < -0.3 is 14.2 Å². The first-order valence-corrected chi connectivity index (χ1v) is 9.26. The van der Waals surface area contributed by atoms with Crippen LogP contribution in [0.15, 0.2) is 40.9 Å². The molecule has 0 spiro atoms. The van der Waals surface area contributed by atoms with E-state index in [4.69, 9.17) is 14.2 Å². The minimum absolute atomic E-state index is 0.0379. The summed E-state index contributed by atoms with van der Waals surface area (Å²) < 4.78 is 29.7. The fourth-order valence-electron chi connectivity index (χ4n) is 2.32. The third kappa shape index (κ3) is 6.06. The van der Waals surface area contributed by atoms with Gasteiger partial charge in [0.15, 0.2) is 23.9 Å². The lowest BCUT2D eigenvalue weighted by molar-refractivity contribution is -0.141. The summed E-state index contributed by atoms with van der Waals surface area (Å²) in [4.78, 5) is 24.1. The van der Waals surface area contributed by atoms with Crippen molar-refractivity contribution in [2.24, 2.45) is 0 Å². The number of carbonyl (C=O) groups is 2. The highest BCUT2D eigenvalue weighted by Gasteiger charge is 2.16. The molecule has 2 aromatic carbocycles. The van der Waals surface area contributed by atoms with Gasteiger partial charge in [-0.05, 0) is 55.8 Å². The first-order valence-electron chi connectivity index (χ1n) is 8.47. The minimum atomic E-state index is -0.558. The Morgan fingerprint density at radius 2 is 1.59 bits per heavy atom. The number of halogens is 2. The molecule has 0 aliphatic rings. The Morgan fingerprint density at radius 1 is 1.00 bits per heavy atom. The number of benzene rings is 2. The van der Waals surface area contributed by atoms with Gasteiger partial charge in [0.05, 0.1) is 19.6 Å². The predicted molar refractivity (Wildman–Crippen MR) is 102 cm³/mol. The quantitative estimate of drug-likeness (QED) is 0.430. The molecule has 0 amide bonds. The van der Waals surface area contributed by atoms with E-state index in [1.165, 1.54) is 24.3 Å². The van der Waals surface area contributed by atoms with Crippen LogP contribution in [0.1, 0.15) is 29.8 Å². The maximum atomic E-state index is 12.9. The Morgan fingerprint density at radius 3 is 2.19 bits per heavy atom. The number of ether oxygens (including phenoxy) is 3. The number of rotatable bonds is 9. The van der Waals surface area contributed by atoms with Crippen LogP contribution in [0.3, 0.4) is 0 Å². The van der Waals surface area contributed by atoms with Crippen molar-refractivity contribution in [3.8, 4) is 11.5 Å². The molecule has 2 rings (SSSR count). The summed E-state index contributed by atoms with van der Waals surface area (Å²) in [5, 5.41) is 0. The van der Waals surface area contributed by atoms with Crippen molar-refractivity contribution in [2.45, 2.75) is 20.3 Å². The van der Waals surface area contributed by atoms with E-state index in [2.05, 4.69) is 15.9 Å². The zero-order chi connectivity index (χ0) is 19.8. The van der Waals surface area contributed by atoms with Crippen molar-refractivity contribution < 1.29 is 28.2 Å². The van der Waals surface area contributed by atoms with Gasteiger partial charge in [-0.2, -0.15) is 0 Å². The Labute approximate surface area is 165 Å². The van der Waals surface area contributed by atoms with Gasteiger partial charge in [0.2, 0.25) is 0 Å². The number of Topliss-reactive ketones (excluding diaryl/α,β-unsaturated/α-hetero) is 1. The summed E-state index contributed by atoms with van der Waals surface area (Å²) in [6.45, 7) is 4.26. The molecule has 0 bridgehead atoms. The van der Waals surface area contributed by atoms with Crippen LogP contribution in [-0.2, 0) is 16.0 Å². The molecular formula is C20H20BrFO5. The summed E-state index contributed by atoms with van der Waals surface area (Å²) in [5.74, 6) is -0.279. The molecule has 2 aromatic rings. The second-order valence-electron chi connectivity index (χ2n) is 5.52. The normalized spacial score (nSPS) is 10.4. The molecule has 144 valence electrons. The van der Waals surface area contributed by atoms with Crippen molar-refractivity contribution in [1.82, 2.24) is 0 Å². The van der Waals surface area contributed by atoms with Crippen molar-refractivity contribution >= 4 is 27.7 Å². The molecular weight excluding hydrogens is 419 g/mol. The van der Waals surface area contributed by atoms with Crippen molar-refractivity contribution in [2.75, 3.05) is 19.8 Å². The molecule has 27 heavy (non-hydrogen) atoms. The molecule has 0 unspecified atom stereocenters. The van der Waals surface area contributed by atoms with E-state index in [1.54, 1.807) is 12.1 Å². The van der Waals surface area contributed by atoms with Crippen LogP contribution in [0.25, 0.3) is 0 Å². The van der Waals surface area contributed by atoms with E-state index in [-0.39, 0.29) is 12.0 Å². The van der Waals surface area contributed by atoms with Gasteiger partial charge in [0, 0.05) is 10.0 Å². The lowest BCUT2D eigenvalue weighted by Gasteiger charge is -2.14. The third-order valence-electron chi connectivity index (χ3n) is 3.58. The third-order valence-corrected chi connectivity index (χ3v) is 4.32. The van der Waals surface area contributed by atoms with Crippen LogP contribution in [0, 0.1) is 5.82 Å². The van der Waals surface area contributed by atoms with Crippen LogP contribution >= 0.6 is 15.9 Å². The molecule has 0 saturated carbocycles. The van der Waals surface area contributed by atoms with Crippen LogP contribution in [0.4, 0.5) is 4.39 Å². The van der Waals surface area contributed by atoms with Crippen molar-refractivity contribution in [3.05, 3.63) is 57.8 Å². The molecule has 0 atom stereocenters. The molecule has 5 nitrogen and oxygen atoms in total. The van der Waals surface area contributed by atoms with Crippen LogP contribution < -0.4 is 9.47 Å². The molecule has 7 heteroatoms. The molecule has 0 fully saturated rings. The van der Waals surface area contributed by atoms with Gasteiger partial charge in [0.1, 0.15) is 5.82 Å². The summed E-state index contributed by atoms with van der Waals surface area (Å²) in [6, 6.07) is 8.51. The summed E-state index contributed by atoms with van der Waals surface area (Å²) in [6.07, 6.45) is -0.0379. The topological polar surface area (TPSA) is 61.8 Å². The zero-order valence-electron chi connectivity index (χ0n) is 15.1. The monoisotopic (exact) mass is 438 g/mol. The maximum Gasteiger partial charge on any atom is 0.310 e. The summed E-state index contributed by atoms with van der Waals surface area (Å²) in [7, 11) is 0. The van der Waals surface area contributed by atoms with Gasteiger partial charge in [-0.25, -0.2) is 4.39 Å². The zero-order valence-corrected chi connectivity index (χ0v) is 16.7. The molecule has 0 aromatic heterocycles. The molecule has 0 aliphatic heterocycles. The van der Waals surface area contributed by atoms with Gasteiger partial charge >= 0.3 is 5.97 Å². The maximum absolute atomic E-state index is 12.9. The Balaban J connectivity index is 2.01. The number of hydrogen-bond acceptors (Lipinski definition) is 5. The Bertz CT molecular complexity index is 805. The average molecular weight is 439 g/mol.